The first-order chi connectivity index (χ1) is 15.5. The van der Waals surface area contributed by atoms with Crippen LogP contribution in [-0.4, -0.2) is 42.3 Å². The van der Waals surface area contributed by atoms with Gasteiger partial charge in [0.1, 0.15) is 22.9 Å². The Morgan fingerprint density at radius 2 is 1.85 bits per heavy atom. The molecule has 0 aliphatic carbocycles. The van der Waals surface area contributed by atoms with Gasteiger partial charge in [0, 0.05) is 19.0 Å². The average Bonchev–Trinajstić information content (AvgIpc) is 3.26. The Hall–Kier alpha value is -3.12. The molecule has 1 aromatic carbocycles. The monoisotopic (exact) mass is 505 g/mol. The van der Waals surface area contributed by atoms with Crippen molar-refractivity contribution in [1.82, 2.24) is 20.0 Å². The first kappa shape index (κ1) is 27.1. The molecule has 13 heteroatoms. The molecule has 186 valence electrons. The molecule has 0 bridgehead atoms. The first-order valence-corrected chi connectivity index (χ1v) is 10.3. The lowest BCUT2D eigenvalue weighted by molar-refractivity contribution is -0.130. The third kappa shape index (κ3) is 6.48. The number of benzene rings is 1. The van der Waals surface area contributed by atoms with Gasteiger partial charge in [-0.25, -0.2) is 4.39 Å². The van der Waals surface area contributed by atoms with E-state index in [4.69, 9.17) is 11.6 Å². The van der Waals surface area contributed by atoms with E-state index in [-0.39, 0.29) is 27.7 Å². The van der Waals surface area contributed by atoms with Crippen LogP contribution in [0.15, 0.2) is 18.2 Å². The van der Waals surface area contributed by atoms with Gasteiger partial charge in [-0.3, -0.25) is 14.6 Å². The summed E-state index contributed by atoms with van der Waals surface area (Å²) in [6.07, 6.45) is -4.69. The van der Waals surface area contributed by atoms with Gasteiger partial charge in [-0.15, -0.1) is 0 Å². The van der Waals surface area contributed by atoms with E-state index in [2.05, 4.69) is 20.6 Å². The van der Waals surface area contributed by atoms with Gasteiger partial charge >= 0.3 is 6.18 Å². The number of aliphatic hydroxyl groups is 1. The number of amides is 1. The van der Waals surface area contributed by atoms with Crippen LogP contribution in [0.1, 0.15) is 48.9 Å². The Balaban J connectivity index is 0.000000604. The number of hydrogen-bond donors (Lipinski definition) is 4. The number of anilines is 1. The summed E-state index contributed by atoms with van der Waals surface area (Å²) in [5.41, 5.74) is -0.00615. The third-order valence-electron chi connectivity index (χ3n) is 4.66. The zero-order valence-corrected chi connectivity index (χ0v) is 19.7. The zero-order chi connectivity index (χ0) is 26.0. The number of alkyl halides is 3. The summed E-state index contributed by atoms with van der Waals surface area (Å²) in [5.74, 6) is -1.92. The quantitative estimate of drug-likeness (QED) is 0.370. The first-order valence-electron chi connectivity index (χ1n) is 9.93. The molecule has 0 radical (unpaired) electrons. The predicted molar refractivity (Wildman–Crippen MR) is 118 cm³/mol. The van der Waals surface area contributed by atoms with Crippen LogP contribution in [0, 0.1) is 12.7 Å². The molecule has 0 atom stereocenters. The van der Waals surface area contributed by atoms with E-state index in [0.29, 0.717) is 11.4 Å². The summed E-state index contributed by atoms with van der Waals surface area (Å²) < 4.78 is 48.5. The van der Waals surface area contributed by atoms with Crippen molar-refractivity contribution < 1.29 is 32.6 Å². The van der Waals surface area contributed by atoms with Crippen molar-refractivity contribution in [2.24, 2.45) is 7.05 Å². The lowest BCUT2D eigenvalue weighted by Crippen LogP contribution is -2.19. The lowest BCUT2D eigenvalue weighted by Gasteiger charge is -2.16. The Morgan fingerprint density at radius 1 is 1.26 bits per heavy atom. The molecule has 0 spiro atoms. The second kappa shape index (κ2) is 10.0. The number of rotatable bonds is 4. The number of carbonyl (C=O) groups excluding carboxylic acids is 1. The van der Waals surface area contributed by atoms with Crippen molar-refractivity contribution in [2.45, 2.75) is 45.9 Å². The third-order valence-corrected chi connectivity index (χ3v) is 4.93. The molecule has 0 unspecified atom stereocenters. The number of carbonyl (C=O) groups is 1. The van der Waals surface area contributed by atoms with Crippen LogP contribution in [0.4, 0.5) is 23.2 Å². The molecule has 3 rings (SSSR count). The molecule has 2 aromatic heterocycles. The second-order valence-corrected chi connectivity index (χ2v) is 8.24. The van der Waals surface area contributed by atoms with Crippen molar-refractivity contribution in [3.05, 3.63) is 46.1 Å². The number of aromatic hydroxyl groups is 1. The van der Waals surface area contributed by atoms with Crippen LogP contribution < -0.4 is 5.32 Å². The molecular formula is C21H24ClF4N5O3. The molecular weight excluding hydrogens is 482 g/mol. The van der Waals surface area contributed by atoms with Gasteiger partial charge in [-0.2, -0.15) is 23.4 Å². The Bertz CT molecular complexity index is 1160. The number of aromatic amines is 1. The highest BCUT2D eigenvalue weighted by Gasteiger charge is 2.25. The molecule has 4 N–H and O–H groups in total. The van der Waals surface area contributed by atoms with E-state index in [1.807, 2.05) is 0 Å². The smallest absolute Gasteiger partial charge is 0.388 e. The number of phenolic OH excluding ortho intramolecular Hbond substituents is 1. The largest absolute Gasteiger partial charge is 0.507 e. The van der Waals surface area contributed by atoms with Crippen molar-refractivity contribution in [3.8, 4) is 17.0 Å². The molecule has 8 nitrogen and oxygen atoms in total. The Labute approximate surface area is 197 Å². The van der Waals surface area contributed by atoms with Crippen molar-refractivity contribution in [1.29, 1.82) is 0 Å². The van der Waals surface area contributed by atoms with Crippen molar-refractivity contribution >= 4 is 23.2 Å². The van der Waals surface area contributed by atoms with Crippen LogP contribution in [0.5, 0.6) is 5.75 Å². The van der Waals surface area contributed by atoms with Crippen LogP contribution >= 0.6 is 11.6 Å². The molecule has 0 fully saturated rings. The average molecular weight is 506 g/mol. The standard InChI is InChI=1S/C18H19ClFN5O3.C3H5F3/c1-8-15(16(19)23-22-8)21-17(27)10-5-11(20)9(6-13(10)26)12-7-14(18(2,3)28)25(4)24-12;1-2-3(4,5)6/h5-7,26,28H,1-4H3,(H,21,27)(H,22,23);2H2,1H3. The number of halogens is 5. The van der Waals surface area contributed by atoms with Gasteiger partial charge in [-0.1, -0.05) is 18.5 Å². The fourth-order valence-electron chi connectivity index (χ4n) is 2.84. The van der Waals surface area contributed by atoms with Crippen LogP contribution in [-0.2, 0) is 12.6 Å². The number of nitrogens with one attached hydrogen (secondary N) is 2. The number of aryl methyl sites for hydroxylation is 2. The van der Waals surface area contributed by atoms with Crippen molar-refractivity contribution in [2.75, 3.05) is 5.32 Å². The minimum Gasteiger partial charge on any atom is -0.507 e. The molecule has 0 aliphatic rings. The molecule has 0 saturated carbocycles. The van der Waals surface area contributed by atoms with E-state index in [9.17, 15) is 32.6 Å². The van der Waals surface area contributed by atoms with Gasteiger partial charge in [0.05, 0.1) is 22.6 Å². The van der Waals surface area contributed by atoms with Gasteiger partial charge in [-0.05, 0) is 39.0 Å². The SMILES string of the molecule is CCC(F)(F)F.Cc1[nH]nc(Cl)c1NC(=O)c1cc(F)c(-c2cc(C(C)(C)O)n(C)n2)cc1O. The fourth-order valence-corrected chi connectivity index (χ4v) is 3.07. The number of nitrogens with zero attached hydrogens (tertiary/aromatic N) is 3. The lowest BCUT2D eigenvalue weighted by atomic mass is 10.0. The van der Waals surface area contributed by atoms with Crippen molar-refractivity contribution in [3.63, 3.8) is 0 Å². The maximum Gasteiger partial charge on any atom is 0.388 e. The van der Waals surface area contributed by atoms with E-state index < -0.39 is 35.7 Å². The van der Waals surface area contributed by atoms with Gasteiger partial charge in [0.2, 0.25) is 0 Å². The zero-order valence-electron chi connectivity index (χ0n) is 19.0. The molecule has 3 aromatic rings. The van der Waals surface area contributed by atoms with E-state index in [0.717, 1.165) is 19.1 Å². The van der Waals surface area contributed by atoms with E-state index >= 15 is 0 Å². The Kier molecular flexibility index (Phi) is 7.99. The highest BCUT2D eigenvalue weighted by Crippen LogP contribution is 2.32. The van der Waals surface area contributed by atoms with E-state index in [1.165, 1.54) is 10.7 Å². The van der Waals surface area contributed by atoms with Crippen LogP contribution in [0.3, 0.4) is 0 Å². The predicted octanol–water partition coefficient (Wildman–Crippen LogP) is 5.06. The summed E-state index contributed by atoms with van der Waals surface area (Å²) in [6, 6.07) is 3.55. The van der Waals surface area contributed by atoms with Gasteiger partial charge in [0.25, 0.3) is 5.91 Å². The molecule has 0 saturated heterocycles. The summed E-state index contributed by atoms with van der Waals surface area (Å²) in [4.78, 5) is 12.4. The highest BCUT2D eigenvalue weighted by molar-refractivity contribution is 6.33. The normalized spacial score (nSPS) is 11.7. The van der Waals surface area contributed by atoms with Gasteiger partial charge in [0.15, 0.2) is 5.15 Å². The maximum absolute atomic E-state index is 14.7. The molecule has 0 aliphatic heterocycles. The fraction of sp³-hybridized carbons (Fsp3) is 0.381. The topological polar surface area (TPSA) is 116 Å². The number of hydrogen-bond acceptors (Lipinski definition) is 5. The van der Waals surface area contributed by atoms with Crippen LogP contribution in [0.2, 0.25) is 5.15 Å². The Morgan fingerprint density at radius 3 is 2.29 bits per heavy atom. The summed E-state index contributed by atoms with van der Waals surface area (Å²) in [7, 11) is 1.62. The summed E-state index contributed by atoms with van der Waals surface area (Å²) in [5, 5.41) is 33.5. The maximum atomic E-state index is 14.7. The minimum atomic E-state index is -3.96. The van der Waals surface area contributed by atoms with Crippen LogP contribution in [0.25, 0.3) is 11.3 Å². The molecule has 1 amide bonds. The van der Waals surface area contributed by atoms with Gasteiger partial charge < -0.3 is 15.5 Å². The number of aromatic nitrogens is 4. The van der Waals surface area contributed by atoms with E-state index in [1.54, 1.807) is 27.8 Å². The summed E-state index contributed by atoms with van der Waals surface area (Å²) in [6.45, 7) is 5.90. The molecule has 2 heterocycles. The number of phenols is 1. The minimum absolute atomic E-state index is 0.00215. The summed E-state index contributed by atoms with van der Waals surface area (Å²) >= 11 is 5.88. The highest BCUT2D eigenvalue weighted by atomic mass is 35.5. The second-order valence-electron chi connectivity index (χ2n) is 7.88. The number of H-pyrrole nitrogens is 1. The molecule has 34 heavy (non-hydrogen) atoms.